The number of hydrogen-bond donors (Lipinski definition) is 1. The fraction of sp³-hybridized carbons (Fsp3) is 0.571. The zero-order chi connectivity index (χ0) is 12.8. The Morgan fingerprint density at radius 3 is 2.33 bits per heavy atom. The summed E-state index contributed by atoms with van der Waals surface area (Å²) < 4.78 is 38.8. The van der Waals surface area contributed by atoms with Crippen LogP contribution in [-0.2, 0) is 6.18 Å². The quantitative estimate of drug-likeness (QED) is 0.823. The highest BCUT2D eigenvalue weighted by atomic mass is 19.4. The summed E-state index contributed by atoms with van der Waals surface area (Å²) in [5.74, 6) is 0.718. The molecule has 0 spiro atoms. The minimum atomic E-state index is -4.28. The molecule has 1 aromatic rings. The minimum Gasteiger partial charge on any atom is -0.379 e. The predicted molar refractivity (Wildman–Crippen MR) is 64.4 cm³/mol. The van der Waals surface area contributed by atoms with E-state index in [1.165, 1.54) is 6.07 Å². The third-order valence-corrected chi connectivity index (χ3v) is 4.37. The van der Waals surface area contributed by atoms with Gasteiger partial charge in [0.2, 0.25) is 0 Å². The maximum absolute atomic E-state index is 12.9. The predicted octanol–water partition coefficient (Wildman–Crippen LogP) is 4.45. The van der Waals surface area contributed by atoms with Gasteiger partial charge in [-0.05, 0) is 50.2 Å². The number of benzene rings is 1. The number of fused-ring (bicyclic) bond motifs is 2. The van der Waals surface area contributed by atoms with Crippen LogP contribution in [-0.4, -0.2) is 5.54 Å². The molecule has 0 unspecified atom stereocenters. The zero-order valence-electron chi connectivity index (χ0n) is 10.1. The zero-order valence-corrected chi connectivity index (χ0v) is 10.1. The van der Waals surface area contributed by atoms with E-state index in [1.807, 2.05) is 0 Å². The van der Waals surface area contributed by atoms with Crippen molar-refractivity contribution in [3.05, 3.63) is 29.8 Å². The van der Waals surface area contributed by atoms with Crippen LogP contribution < -0.4 is 5.32 Å². The van der Waals surface area contributed by atoms with Gasteiger partial charge >= 0.3 is 6.18 Å². The van der Waals surface area contributed by atoms with Gasteiger partial charge in [0, 0.05) is 11.2 Å². The summed E-state index contributed by atoms with van der Waals surface area (Å²) in [7, 11) is 0. The molecule has 1 nitrogen and oxygen atoms in total. The summed E-state index contributed by atoms with van der Waals surface area (Å²) >= 11 is 0. The summed E-state index contributed by atoms with van der Waals surface area (Å²) in [6.45, 7) is 0. The van der Waals surface area contributed by atoms with Crippen LogP contribution in [0.2, 0.25) is 0 Å². The lowest BCUT2D eigenvalue weighted by Crippen LogP contribution is -2.33. The van der Waals surface area contributed by atoms with Crippen LogP contribution in [0.4, 0.5) is 18.9 Å². The summed E-state index contributed by atoms with van der Waals surface area (Å²) in [6, 6.07) is 5.80. The molecule has 0 radical (unpaired) electrons. The first-order chi connectivity index (χ1) is 8.49. The van der Waals surface area contributed by atoms with Crippen LogP contribution in [0.5, 0.6) is 0 Å². The Labute approximate surface area is 104 Å². The van der Waals surface area contributed by atoms with E-state index in [9.17, 15) is 13.2 Å². The van der Waals surface area contributed by atoms with E-state index in [4.69, 9.17) is 0 Å². The molecule has 2 aliphatic rings. The number of halogens is 3. The maximum atomic E-state index is 12.9. The largest absolute Gasteiger partial charge is 0.418 e. The van der Waals surface area contributed by atoms with Crippen LogP contribution in [0.15, 0.2) is 24.3 Å². The highest BCUT2D eigenvalue weighted by Crippen LogP contribution is 2.50. The molecule has 2 aliphatic carbocycles. The molecule has 0 heterocycles. The van der Waals surface area contributed by atoms with E-state index in [2.05, 4.69) is 5.32 Å². The van der Waals surface area contributed by atoms with Gasteiger partial charge in [0.25, 0.3) is 0 Å². The van der Waals surface area contributed by atoms with Gasteiger partial charge in [0.05, 0.1) is 5.56 Å². The Hall–Kier alpha value is -1.19. The molecule has 1 aromatic carbocycles. The van der Waals surface area contributed by atoms with Crippen molar-refractivity contribution < 1.29 is 13.2 Å². The van der Waals surface area contributed by atoms with Crippen molar-refractivity contribution >= 4 is 5.69 Å². The summed E-state index contributed by atoms with van der Waals surface area (Å²) in [5, 5.41) is 3.20. The van der Waals surface area contributed by atoms with E-state index < -0.39 is 11.7 Å². The highest BCUT2D eigenvalue weighted by Gasteiger charge is 2.45. The molecule has 0 aromatic heterocycles. The second-order valence-corrected chi connectivity index (χ2v) is 5.60. The van der Waals surface area contributed by atoms with Crippen LogP contribution in [0.25, 0.3) is 0 Å². The van der Waals surface area contributed by atoms with Gasteiger partial charge in [0.15, 0.2) is 0 Å². The number of anilines is 1. The number of rotatable bonds is 2. The monoisotopic (exact) mass is 255 g/mol. The number of alkyl halides is 3. The van der Waals surface area contributed by atoms with Crippen molar-refractivity contribution in [3.8, 4) is 0 Å². The van der Waals surface area contributed by atoms with Crippen molar-refractivity contribution in [2.24, 2.45) is 5.92 Å². The smallest absolute Gasteiger partial charge is 0.379 e. The summed E-state index contributed by atoms with van der Waals surface area (Å²) in [4.78, 5) is 0. The van der Waals surface area contributed by atoms with Crippen molar-refractivity contribution in [1.29, 1.82) is 0 Å². The third kappa shape index (κ3) is 1.98. The van der Waals surface area contributed by atoms with Gasteiger partial charge in [-0.15, -0.1) is 0 Å². The lowest BCUT2D eigenvalue weighted by Gasteiger charge is -2.30. The second-order valence-electron chi connectivity index (χ2n) is 5.60. The molecule has 2 saturated carbocycles. The Morgan fingerprint density at radius 2 is 1.78 bits per heavy atom. The molecule has 2 fully saturated rings. The highest BCUT2D eigenvalue weighted by molar-refractivity contribution is 5.54. The topological polar surface area (TPSA) is 12.0 Å². The third-order valence-electron chi connectivity index (χ3n) is 4.37. The number of hydrogen-bond acceptors (Lipinski definition) is 1. The second kappa shape index (κ2) is 3.90. The van der Waals surface area contributed by atoms with E-state index in [-0.39, 0.29) is 11.2 Å². The Bertz CT molecular complexity index is 445. The average Bonchev–Trinajstić information content (AvgIpc) is 2.88. The minimum absolute atomic E-state index is 0.0774. The molecule has 0 saturated heterocycles. The maximum Gasteiger partial charge on any atom is 0.418 e. The van der Waals surface area contributed by atoms with Crippen LogP contribution in [0.1, 0.15) is 37.7 Å². The fourth-order valence-corrected chi connectivity index (χ4v) is 3.49. The lowest BCUT2D eigenvalue weighted by molar-refractivity contribution is -0.137. The standard InChI is InChI=1S/C14H16F3N/c15-14(16,17)11-3-1-2-4-12(11)18-13-7-5-10(9-13)6-8-13/h1-4,10,18H,5-9H2. The average molecular weight is 255 g/mol. The molecule has 98 valence electrons. The van der Waals surface area contributed by atoms with Crippen molar-refractivity contribution in [2.45, 2.75) is 43.8 Å². The summed E-state index contributed by atoms with van der Waals surface area (Å²) in [6.07, 6.45) is 1.06. The molecular weight excluding hydrogens is 239 g/mol. The van der Waals surface area contributed by atoms with Gasteiger partial charge in [-0.2, -0.15) is 13.2 Å². The Balaban J connectivity index is 1.89. The molecule has 0 aliphatic heterocycles. The number of para-hydroxylation sites is 1. The Morgan fingerprint density at radius 1 is 1.11 bits per heavy atom. The molecule has 3 rings (SSSR count). The van der Waals surface area contributed by atoms with Gasteiger partial charge in [0.1, 0.15) is 0 Å². The van der Waals surface area contributed by atoms with Crippen molar-refractivity contribution in [1.82, 2.24) is 0 Å². The molecule has 18 heavy (non-hydrogen) atoms. The summed E-state index contributed by atoms with van der Waals surface area (Å²) in [5.41, 5.74) is -0.381. The first kappa shape index (κ1) is 11.9. The van der Waals surface area contributed by atoms with Crippen molar-refractivity contribution in [3.63, 3.8) is 0 Å². The van der Waals surface area contributed by atoms with Gasteiger partial charge in [-0.1, -0.05) is 12.1 Å². The fourth-order valence-electron chi connectivity index (χ4n) is 3.49. The van der Waals surface area contributed by atoms with Crippen LogP contribution in [0.3, 0.4) is 0 Å². The van der Waals surface area contributed by atoms with E-state index in [0.29, 0.717) is 0 Å². The van der Waals surface area contributed by atoms with Gasteiger partial charge in [-0.25, -0.2) is 0 Å². The molecule has 0 amide bonds. The first-order valence-corrected chi connectivity index (χ1v) is 6.43. The molecule has 1 N–H and O–H groups in total. The van der Waals surface area contributed by atoms with Crippen LogP contribution >= 0.6 is 0 Å². The van der Waals surface area contributed by atoms with E-state index >= 15 is 0 Å². The SMILES string of the molecule is FC(F)(F)c1ccccc1NC12CCC(CC1)C2. The van der Waals surface area contributed by atoms with Crippen molar-refractivity contribution in [2.75, 3.05) is 5.32 Å². The Kier molecular flexibility index (Phi) is 2.57. The van der Waals surface area contributed by atoms with Gasteiger partial charge < -0.3 is 5.32 Å². The molecule has 2 bridgehead atoms. The molecule has 0 atom stereocenters. The van der Waals surface area contributed by atoms with Crippen LogP contribution in [0, 0.1) is 5.92 Å². The normalized spacial score (nSPS) is 30.7. The molecule has 4 heteroatoms. The molecular formula is C14H16F3N. The van der Waals surface area contributed by atoms with E-state index in [1.54, 1.807) is 12.1 Å². The van der Waals surface area contributed by atoms with E-state index in [0.717, 1.165) is 44.1 Å². The van der Waals surface area contributed by atoms with Gasteiger partial charge in [-0.3, -0.25) is 0 Å². The number of nitrogens with one attached hydrogen (secondary N) is 1. The lowest BCUT2D eigenvalue weighted by atomic mass is 9.93. The first-order valence-electron chi connectivity index (χ1n) is 6.43.